The normalized spacial score (nSPS) is 16.2. The minimum atomic E-state index is -0.566. The minimum Gasteiger partial charge on any atom is -0.465 e. The zero-order valence-corrected chi connectivity index (χ0v) is 38.5. The molecule has 2 rings (SSSR count). The molecule has 2 aliphatic rings. The van der Waals surface area contributed by atoms with Crippen LogP contribution in [-0.2, 0) is 38.1 Å². The first-order valence-electron chi connectivity index (χ1n) is 21.7. The van der Waals surface area contributed by atoms with Crippen LogP contribution in [0.1, 0.15) is 244 Å². The van der Waals surface area contributed by atoms with E-state index in [-0.39, 0.29) is 108 Å². The van der Waals surface area contributed by atoms with Crippen molar-refractivity contribution in [1.29, 1.82) is 0 Å². The SMILES string of the molecule is C.C.C.C.C.C.C.C.CCCCCCOC(=O)C(C)(CC)CC(CC(C)OC(C)=O)N1CCCC1=S.CCCCCCOC(=O)C(C)(CC)CC(CC(C)OC(C)=O)N1CCCC1=S. The van der Waals surface area contributed by atoms with Crippen LogP contribution in [0.2, 0.25) is 0 Å². The van der Waals surface area contributed by atoms with Crippen molar-refractivity contribution in [2.45, 2.75) is 269 Å². The maximum atomic E-state index is 12.9. The van der Waals surface area contributed by atoms with Gasteiger partial charge < -0.3 is 28.7 Å². The first-order valence-corrected chi connectivity index (χ1v) is 22.6. The largest absolute Gasteiger partial charge is 0.465 e. The summed E-state index contributed by atoms with van der Waals surface area (Å²) in [5.41, 5.74) is -1.13. The Bertz CT molecular complexity index is 1140. The van der Waals surface area contributed by atoms with E-state index >= 15 is 0 Å². The van der Waals surface area contributed by atoms with Crippen LogP contribution in [0, 0.1) is 10.8 Å². The number of nitrogens with zero attached hydrogens (tertiary/aromatic N) is 2. The third-order valence-corrected chi connectivity index (χ3v) is 12.3. The Balaban J connectivity index is -0.000000145. The molecule has 0 aliphatic carbocycles. The van der Waals surface area contributed by atoms with Crippen molar-refractivity contribution in [2.75, 3.05) is 26.3 Å². The molecular formula is C52H110N2O8S2. The van der Waals surface area contributed by atoms with Crippen molar-refractivity contribution in [2.24, 2.45) is 10.8 Å². The molecule has 2 heterocycles. The Morgan fingerprint density at radius 3 is 1.11 bits per heavy atom. The van der Waals surface area contributed by atoms with Gasteiger partial charge in [-0.05, 0) is 91.9 Å². The highest BCUT2D eigenvalue weighted by Gasteiger charge is 2.41. The number of ether oxygens (including phenoxy) is 4. The number of esters is 4. The fraction of sp³-hybridized carbons (Fsp3) is 0.885. The van der Waals surface area contributed by atoms with Gasteiger partial charge in [-0.1, -0.05) is 150 Å². The lowest BCUT2D eigenvalue weighted by Gasteiger charge is -2.37. The molecule has 2 fully saturated rings. The maximum Gasteiger partial charge on any atom is 0.311 e. The lowest BCUT2D eigenvalue weighted by Crippen LogP contribution is -2.44. The van der Waals surface area contributed by atoms with Gasteiger partial charge in [-0.15, -0.1) is 0 Å². The lowest BCUT2D eigenvalue weighted by molar-refractivity contribution is -0.157. The second-order valence-electron chi connectivity index (χ2n) is 16.6. The quantitative estimate of drug-likeness (QED) is 0.0356. The van der Waals surface area contributed by atoms with E-state index in [1.165, 1.54) is 39.5 Å². The molecule has 2 saturated heterocycles. The summed E-state index contributed by atoms with van der Waals surface area (Å²) in [4.78, 5) is 54.8. The molecule has 0 amide bonds. The van der Waals surface area contributed by atoms with E-state index in [1.54, 1.807) is 0 Å². The number of carbonyl (C=O) groups excluding carboxylic acids is 4. The highest BCUT2D eigenvalue weighted by atomic mass is 32.1. The predicted molar refractivity (Wildman–Crippen MR) is 286 cm³/mol. The molecule has 0 aromatic heterocycles. The molecular weight excluding hydrogens is 845 g/mol. The molecule has 10 nitrogen and oxygen atoms in total. The molecule has 64 heavy (non-hydrogen) atoms. The van der Waals surface area contributed by atoms with Crippen LogP contribution in [0.25, 0.3) is 0 Å². The van der Waals surface area contributed by atoms with E-state index in [9.17, 15) is 19.2 Å². The highest BCUT2D eigenvalue weighted by molar-refractivity contribution is 7.80. The van der Waals surface area contributed by atoms with Gasteiger partial charge in [0, 0.05) is 51.9 Å². The zero-order chi connectivity index (χ0) is 42.3. The van der Waals surface area contributed by atoms with Crippen LogP contribution in [0.4, 0.5) is 0 Å². The van der Waals surface area contributed by atoms with E-state index in [1.807, 2.05) is 41.5 Å². The summed E-state index contributed by atoms with van der Waals surface area (Å²) in [6, 6.07) is 0.142. The predicted octanol–water partition coefficient (Wildman–Crippen LogP) is 15.2. The van der Waals surface area contributed by atoms with Gasteiger partial charge in [-0.25, -0.2) is 0 Å². The standard InChI is InChI=1S/2C22H39NO4S.8CH4/c2*1-6-8-9-10-14-26-21(25)22(5,7-2)16-19(15-17(3)27-18(4)24)23-13-11-12-20(23)28;;;;;;;;/h2*17,19H,6-16H2,1-5H3;8*1H4. The first kappa shape index (κ1) is 78.8. The summed E-state index contributed by atoms with van der Waals surface area (Å²) < 4.78 is 22.0. The van der Waals surface area contributed by atoms with E-state index in [4.69, 9.17) is 43.4 Å². The fourth-order valence-corrected chi connectivity index (χ4v) is 8.47. The summed E-state index contributed by atoms with van der Waals surface area (Å²) in [6.45, 7) is 21.8. The van der Waals surface area contributed by atoms with Gasteiger partial charge in [0.15, 0.2) is 0 Å². The lowest BCUT2D eigenvalue weighted by atomic mass is 9.79. The van der Waals surface area contributed by atoms with E-state index in [2.05, 4.69) is 23.6 Å². The van der Waals surface area contributed by atoms with Crippen LogP contribution < -0.4 is 0 Å². The number of hydrogen-bond acceptors (Lipinski definition) is 10. The summed E-state index contributed by atoms with van der Waals surface area (Å²) in [6.07, 6.45) is 16.3. The van der Waals surface area contributed by atoms with Crippen molar-refractivity contribution in [1.82, 2.24) is 9.80 Å². The Morgan fingerprint density at radius 1 is 0.562 bits per heavy atom. The highest BCUT2D eigenvalue weighted by Crippen LogP contribution is 2.36. The molecule has 0 N–H and O–H groups in total. The van der Waals surface area contributed by atoms with Crippen LogP contribution in [-0.4, -0.2) is 94.2 Å². The third kappa shape index (κ3) is 29.3. The van der Waals surface area contributed by atoms with Crippen LogP contribution in [0.15, 0.2) is 0 Å². The Kier molecular flexibility index (Phi) is 51.8. The Morgan fingerprint density at radius 2 is 0.875 bits per heavy atom. The number of unbranched alkanes of at least 4 members (excludes halogenated alkanes) is 6. The molecule has 388 valence electrons. The third-order valence-electron chi connectivity index (χ3n) is 11.4. The van der Waals surface area contributed by atoms with Gasteiger partial charge >= 0.3 is 23.9 Å². The van der Waals surface area contributed by atoms with Crippen molar-refractivity contribution in [3.05, 3.63) is 0 Å². The van der Waals surface area contributed by atoms with E-state index < -0.39 is 10.8 Å². The average Bonchev–Trinajstić information content (AvgIpc) is 3.77. The number of rotatable bonds is 26. The molecule has 0 radical (unpaired) electrons. The molecule has 6 unspecified atom stereocenters. The molecule has 0 aromatic carbocycles. The van der Waals surface area contributed by atoms with E-state index in [0.717, 1.165) is 74.4 Å². The summed E-state index contributed by atoms with van der Waals surface area (Å²) >= 11 is 11.1. The second-order valence-corrected chi connectivity index (χ2v) is 17.6. The average molecular weight is 956 g/mol. The van der Waals surface area contributed by atoms with Gasteiger partial charge in [0.2, 0.25) is 0 Å². The number of thiocarbonyl (C=S) groups is 2. The van der Waals surface area contributed by atoms with Crippen molar-refractivity contribution < 1.29 is 38.1 Å². The van der Waals surface area contributed by atoms with Crippen molar-refractivity contribution >= 4 is 58.3 Å². The van der Waals surface area contributed by atoms with Crippen LogP contribution >= 0.6 is 24.4 Å². The summed E-state index contributed by atoms with van der Waals surface area (Å²) in [5.74, 6) is -0.802. The number of carbonyl (C=O) groups is 4. The van der Waals surface area contributed by atoms with Gasteiger partial charge in [0.25, 0.3) is 0 Å². The zero-order valence-electron chi connectivity index (χ0n) is 36.8. The van der Waals surface area contributed by atoms with Crippen molar-refractivity contribution in [3.8, 4) is 0 Å². The molecule has 0 saturated carbocycles. The second kappa shape index (κ2) is 42.0. The maximum absolute atomic E-state index is 12.9. The molecule has 0 spiro atoms. The fourth-order valence-electron chi connectivity index (χ4n) is 7.70. The summed E-state index contributed by atoms with van der Waals surface area (Å²) in [7, 11) is 0. The number of hydrogen-bond donors (Lipinski definition) is 0. The topological polar surface area (TPSA) is 112 Å². The smallest absolute Gasteiger partial charge is 0.311 e. The number of likely N-dealkylation sites (tertiary alicyclic amines) is 2. The van der Waals surface area contributed by atoms with Gasteiger partial charge in [0.05, 0.1) is 34.0 Å². The first-order chi connectivity index (χ1) is 26.5. The van der Waals surface area contributed by atoms with Gasteiger partial charge in [-0.3, -0.25) is 19.2 Å². The van der Waals surface area contributed by atoms with E-state index in [0.29, 0.717) is 51.7 Å². The van der Waals surface area contributed by atoms with Crippen LogP contribution in [0.3, 0.4) is 0 Å². The molecule has 6 atom stereocenters. The molecule has 0 bridgehead atoms. The van der Waals surface area contributed by atoms with Crippen molar-refractivity contribution in [3.63, 3.8) is 0 Å². The Hall–Kier alpha value is -2.34. The molecule has 0 aromatic rings. The van der Waals surface area contributed by atoms with Crippen LogP contribution in [0.5, 0.6) is 0 Å². The molecule has 2 aliphatic heterocycles. The Labute approximate surface area is 410 Å². The minimum absolute atomic E-state index is 0. The monoisotopic (exact) mass is 955 g/mol. The van der Waals surface area contributed by atoms with Gasteiger partial charge in [-0.2, -0.15) is 0 Å². The van der Waals surface area contributed by atoms with Gasteiger partial charge in [0.1, 0.15) is 12.2 Å². The summed E-state index contributed by atoms with van der Waals surface area (Å²) in [5, 5.41) is 0. The molecule has 12 heteroatoms.